The SMILES string of the molecule is CCOC(=O)c1c(NC(=O)c2cc3c(s2)CCCC3)sc(-c2ccccc2)c1C. The monoisotopic (exact) mass is 425 g/mol. The molecule has 0 saturated carbocycles. The first-order valence-corrected chi connectivity index (χ1v) is 11.5. The number of thiophene rings is 2. The summed E-state index contributed by atoms with van der Waals surface area (Å²) >= 11 is 2.99. The molecule has 0 spiro atoms. The van der Waals surface area contributed by atoms with Gasteiger partial charge in [0, 0.05) is 9.75 Å². The van der Waals surface area contributed by atoms with Crippen molar-refractivity contribution in [3.63, 3.8) is 0 Å². The van der Waals surface area contributed by atoms with Crippen LogP contribution in [0.4, 0.5) is 5.00 Å². The zero-order chi connectivity index (χ0) is 20.4. The lowest BCUT2D eigenvalue weighted by atomic mass is 9.99. The van der Waals surface area contributed by atoms with Gasteiger partial charge >= 0.3 is 5.97 Å². The molecule has 0 aliphatic heterocycles. The number of hydrogen-bond acceptors (Lipinski definition) is 5. The summed E-state index contributed by atoms with van der Waals surface area (Å²) in [6, 6.07) is 11.9. The van der Waals surface area contributed by atoms with Crippen molar-refractivity contribution >= 4 is 39.6 Å². The van der Waals surface area contributed by atoms with Crippen molar-refractivity contribution < 1.29 is 14.3 Å². The highest BCUT2D eigenvalue weighted by atomic mass is 32.1. The van der Waals surface area contributed by atoms with Gasteiger partial charge in [-0.3, -0.25) is 4.79 Å². The number of esters is 1. The number of fused-ring (bicyclic) bond motifs is 1. The topological polar surface area (TPSA) is 55.4 Å². The number of anilines is 1. The Morgan fingerprint density at radius 1 is 1.10 bits per heavy atom. The smallest absolute Gasteiger partial charge is 0.341 e. The van der Waals surface area contributed by atoms with Gasteiger partial charge in [-0.1, -0.05) is 30.3 Å². The lowest BCUT2D eigenvalue weighted by Crippen LogP contribution is -2.13. The van der Waals surface area contributed by atoms with Gasteiger partial charge in [-0.15, -0.1) is 22.7 Å². The molecule has 1 amide bonds. The second-order valence-corrected chi connectivity index (χ2v) is 9.22. The fourth-order valence-electron chi connectivity index (χ4n) is 3.68. The third-order valence-corrected chi connectivity index (χ3v) is 7.60. The van der Waals surface area contributed by atoms with Crippen LogP contribution in [0.15, 0.2) is 36.4 Å². The van der Waals surface area contributed by atoms with E-state index in [1.54, 1.807) is 18.3 Å². The Bertz CT molecular complexity index is 1030. The Balaban J connectivity index is 1.69. The number of rotatable bonds is 5. The van der Waals surface area contributed by atoms with Crippen LogP contribution in [0.3, 0.4) is 0 Å². The van der Waals surface area contributed by atoms with Crippen LogP contribution >= 0.6 is 22.7 Å². The molecule has 3 aromatic rings. The van der Waals surface area contributed by atoms with Crippen molar-refractivity contribution in [1.82, 2.24) is 0 Å². The molecule has 2 heterocycles. The minimum absolute atomic E-state index is 0.157. The molecule has 1 aromatic carbocycles. The molecule has 0 radical (unpaired) electrons. The van der Waals surface area contributed by atoms with E-state index in [4.69, 9.17) is 4.74 Å². The molecule has 2 aromatic heterocycles. The van der Waals surface area contributed by atoms with Crippen LogP contribution in [0, 0.1) is 6.92 Å². The standard InChI is InChI=1S/C23H23NO3S2/c1-3-27-23(26)19-14(2)20(15-9-5-4-6-10-15)29-22(19)24-21(25)18-13-16-11-7-8-12-17(16)28-18/h4-6,9-10,13H,3,7-8,11-12H2,1-2H3,(H,24,25). The first-order valence-electron chi connectivity index (χ1n) is 9.87. The van der Waals surface area contributed by atoms with Crippen molar-refractivity contribution in [1.29, 1.82) is 0 Å². The zero-order valence-corrected chi connectivity index (χ0v) is 18.2. The van der Waals surface area contributed by atoms with Crippen LogP contribution < -0.4 is 5.32 Å². The van der Waals surface area contributed by atoms with Crippen molar-refractivity contribution in [2.45, 2.75) is 39.5 Å². The molecule has 150 valence electrons. The van der Waals surface area contributed by atoms with Crippen LogP contribution in [0.2, 0.25) is 0 Å². The first-order chi connectivity index (χ1) is 14.1. The van der Waals surface area contributed by atoms with Gasteiger partial charge in [0.05, 0.1) is 17.0 Å². The van der Waals surface area contributed by atoms with E-state index >= 15 is 0 Å². The molecule has 1 aliphatic carbocycles. The fraction of sp³-hybridized carbons (Fsp3) is 0.304. The summed E-state index contributed by atoms with van der Waals surface area (Å²) < 4.78 is 5.27. The highest BCUT2D eigenvalue weighted by molar-refractivity contribution is 7.20. The van der Waals surface area contributed by atoms with Gasteiger partial charge in [0.1, 0.15) is 5.00 Å². The van der Waals surface area contributed by atoms with Crippen LogP contribution in [-0.4, -0.2) is 18.5 Å². The summed E-state index contributed by atoms with van der Waals surface area (Å²) in [6.07, 6.45) is 4.47. The first kappa shape index (κ1) is 19.9. The largest absolute Gasteiger partial charge is 0.462 e. The Hall–Kier alpha value is -2.44. The predicted molar refractivity (Wildman–Crippen MR) is 119 cm³/mol. The summed E-state index contributed by atoms with van der Waals surface area (Å²) in [6.45, 7) is 3.98. The average molecular weight is 426 g/mol. The molecule has 0 atom stereocenters. The highest BCUT2D eigenvalue weighted by Crippen LogP contribution is 2.41. The maximum atomic E-state index is 13.0. The molecular weight excluding hydrogens is 402 g/mol. The Kier molecular flexibility index (Phi) is 5.83. The Labute approximate surface area is 178 Å². The van der Waals surface area contributed by atoms with Gasteiger partial charge in [0.2, 0.25) is 0 Å². The van der Waals surface area contributed by atoms with E-state index in [1.165, 1.54) is 34.6 Å². The van der Waals surface area contributed by atoms with Crippen LogP contribution in [0.25, 0.3) is 10.4 Å². The molecule has 1 aliphatic rings. The van der Waals surface area contributed by atoms with Crippen molar-refractivity contribution in [3.05, 3.63) is 62.8 Å². The third-order valence-electron chi connectivity index (χ3n) is 5.11. The summed E-state index contributed by atoms with van der Waals surface area (Å²) in [7, 11) is 0. The number of carbonyl (C=O) groups excluding carboxylic acids is 2. The molecule has 29 heavy (non-hydrogen) atoms. The lowest BCUT2D eigenvalue weighted by molar-refractivity contribution is 0.0527. The van der Waals surface area contributed by atoms with E-state index < -0.39 is 5.97 Å². The van der Waals surface area contributed by atoms with Gasteiger partial charge in [-0.25, -0.2) is 4.79 Å². The maximum absolute atomic E-state index is 13.0. The minimum atomic E-state index is -0.399. The zero-order valence-electron chi connectivity index (χ0n) is 16.5. The number of benzene rings is 1. The normalized spacial score (nSPS) is 13.0. The minimum Gasteiger partial charge on any atom is -0.462 e. The second kappa shape index (κ2) is 8.51. The van der Waals surface area contributed by atoms with E-state index in [0.717, 1.165) is 28.8 Å². The summed E-state index contributed by atoms with van der Waals surface area (Å²) in [5.41, 5.74) is 3.60. The number of hydrogen-bond donors (Lipinski definition) is 1. The number of ether oxygens (including phenoxy) is 1. The quantitative estimate of drug-likeness (QED) is 0.503. The van der Waals surface area contributed by atoms with Crippen LogP contribution in [0.5, 0.6) is 0 Å². The van der Waals surface area contributed by atoms with Crippen molar-refractivity contribution in [2.24, 2.45) is 0 Å². The predicted octanol–water partition coefficient (Wildman–Crippen LogP) is 6.09. The highest BCUT2D eigenvalue weighted by Gasteiger charge is 2.25. The van der Waals surface area contributed by atoms with Crippen molar-refractivity contribution in [2.75, 3.05) is 11.9 Å². The van der Waals surface area contributed by atoms with Gasteiger partial charge in [0.25, 0.3) is 5.91 Å². The van der Waals surface area contributed by atoms with Gasteiger partial charge in [0.15, 0.2) is 0 Å². The van der Waals surface area contributed by atoms with E-state index in [2.05, 4.69) is 5.32 Å². The van der Waals surface area contributed by atoms with E-state index in [-0.39, 0.29) is 5.91 Å². The van der Waals surface area contributed by atoms with Crippen molar-refractivity contribution in [3.8, 4) is 10.4 Å². The summed E-state index contributed by atoms with van der Waals surface area (Å²) in [5, 5.41) is 3.55. The van der Waals surface area contributed by atoms with Gasteiger partial charge in [-0.05, 0) is 62.3 Å². The fourth-order valence-corrected chi connectivity index (χ4v) is 6.03. The second-order valence-electron chi connectivity index (χ2n) is 7.07. The number of nitrogens with one attached hydrogen (secondary N) is 1. The van der Waals surface area contributed by atoms with E-state index in [0.29, 0.717) is 22.0 Å². The molecule has 0 saturated heterocycles. The average Bonchev–Trinajstić information content (AvgIpc) is 3.30. The van der Waals surface area contributed by atoms with Gasteiger partial charge in [-0.2, -0.15) is 0 Å². The molecule has 0 fully saturated rings. The molecule has 4 rings (SSSR count). The van der Waals surface area contributed by atoms with Crippen LogP contribution in [-0.2, 0) is 17.6 Å². The molecular formula is C23H23NO3S2. The van der Waals surface area contributed by atoms with Gasteiger partial charge < -0.3 is 10.1 Å². The lowest BCUT2D eigenvalue weighted by Gasteiger charge is -2.08. The molecule has 6 heteroatoms. The summed E-state index contributed by atoms with van der Waals surface area (Å²) in [5.74, 6) is -0.556. The van der Waals surface area contributed by atoms with Crippen LogP contribution in [0.1, 0.15) is 55.8 Å². The number of aryl methyl sites for hydroxylation is 2. The van der Waals surface area contributed by atoms with E-state index in [1.807, 2.05) is 43.3 Å². The number of amides is 1. The molecule has 1 N–H and O–H groups in total. The Morgan fingerprint density at radius 3 is 2.59 bits per heavy atom. The Morgan fingerprint density at radius 2 is 1.86 bits per heavy atom. The maximum Gasteiger partial charge on any atom is 0.341 e. The molecule has 0 bridgehead atoms. The van der Waals surface area contributed by atoms with E-state index in [9.17, 15) is 9.59 Å². The third kappa shape index (κ3) is 4.00. The summed E-state index contributed by atoms with van der Waals surface area (Å²) in [4.78, 5) is 28.6. The molecule has 4 nitrogen and oxygen atoms in total. The number of carbonyl (C=O) groups is 2. The molecule has 0 unspecified atom stereocenters.